The molecule has 40 heavy (non-hydrogen) atoms. The Bertz CT molecular complexity index is 1560. The van der Waals surface area contributed by atoms with Gasteiger partial charge in [-0.2, -0.15) is 0 Å². The van der Waals surface area contributed by atoms with Crippen molar-refractivity contribution < 1.29 is 23.9 Å². The van der Waals surface area contributed by atoms with Gasteiger partial charge < -0.3 is 10.1 Å². The van der Waals surface area contributed by atoms with Crippen LogP contribution >= 0.6 is 11.6 Å². The number of para-hydroxylation sites is 3. The highest BCUT2D eigenvalue weighted by Crippen LogP contribution is 2.30. The zero-order valence-electron chi connectivity index (χ0n) is 21.0. The quantitative estimate of drug-likeness (QED) is 0.226. The number of nitrogens with one attached hydrogen (secondary N) is 1. The molecule has 1 heterocycles. The fourth-order valence-corrected chi connectivity index (χ4v) is 4.28. The molecule has 4 aromatic carbocycles. The molecule has 9 heteroatoms. The lowest BCUT2D eigenvalue weighted by Gasteiger charge is -2.33. The molecular weight excluding hydrogens is 530 g/mol. The minimum atomic E-state index is -0.772. The minimum absolute atomic E-state index is 0.207. The third-order valence-electron chi connectivity index (χ3n) is 5.97. The van der Waals surface area contributed by atoms with E-state index in [0.717, 1.165) is 9.80 Å². The fourth-order valence-electron chi connectivity index (χ4n) is 4.10. The molecule has 5 amide bonds. The average molecular weight is 552 g/mol. The van der Waals surface area contributed by atoms with Crippen molar-refractivity contribution in [3.05, 3.63) is 125 Å². The predicted octanol–water partition coefficient (Wildman–Crippen LogP) is 5.94. The second kappa shape index (κ2) is 11.7. The van der Waals surface area contributed by atoms with Gasteiger partial charge >= 0.3 is 6.03 Å². The number of hydrogen-bond acceptors (Lipinski definition) is 5. The molecule has 0 unspecified atom stereocenters. The van der Waals surface area contributed by atoms with Crippen LogP contribution in [0.4, 0.5) is 21.9 Å². The van der Waals surface area contributed by atoms with Gasteiger partial charge in [-0.1, -0.05) is 72.3 Å². The number of urea groups is 1. The van der Waals surface area contributed by atoms with E-state index in [2.05, 4.69) is 5.32 Å². The molecule has 8 nitrogen and oxygen atoms in total. The number of hydrogen-bond donors (Lipinski definition) is 1. The number of nitrogens with zero attached hydrogens (tertiary/aromatic N) is 2. The zero-order chi connectivity index (χ0) is 28.1. The monoisotopic (exact) mass is 551 g/mol. The van der Waals surface area contributed by atoms with Crippen LogP contribution in [0.25, 0.3) is 6.08 Å². The molecule has 0 aliphatic carbocycles. The number of barbiturate groups is 1. The summed E-state index contributed by atoms with van der Waals surface area (Å²) in [5.41, 5.74) is 1.39. The van der Waals surface area contributed by atoms with Crippen LogP contribution in [-0.2, 0) is 14.4 Å². The molecule has 1 saturated heterocycles. The summed E-state index contributed by atoms with van der Waals surface area (Å²) < 4.78 is 5.63. The number of anilines is 3. The van der Waals surface area contributed by atoms with Crippen molar-refractivity contribution in [2.75, 3.05) is 21.7 Å². The van der Waals surface area contributed by atoms with Crippen LogP contribution < -0.4 is 19.9 Å². The van der Waals surface area contributed by atoms with Crippen LogP contribution in [0.15, 0.2) is 115 Å². The average Bonchev–Trinajstić information content (AvgIpc) is 2.97. The summed E-state index contributed by atoms with van der Waals surface area (Å²) in [6.45, 7) is -0.290. The van der Waals surface area contributed by atoms with Gasteiger partial charge in [0.05, 0.1) is 22.1 Å². The Morgan fingerprint density at radius 3 is 1.93 bits per heavy atom. The smallest absolute Gasteiger partial charge is 0.343 e. The van der Waals surface area contributed by atoms with E-state index in [0.29, 0.717) is 33.4 Å². The first-order valence-corrected chi connectivity index (χ1v) is 12.6. The van der Waals surface area contributed by atoms with Crippen LogP contribution in [0.5, 0.6) is 5.75 Å². The Morgan fingerprint density at radius 1 is 0.750 bits per heavy atom. The number of carbonyl (C=O) groups is 4. The van der Waals surface area contributed by atoms with Crippen LogP contribution in [0.2, 0.25) is 5.02 Å². The highest BCUT2D eigenvalue weighted by atomic mass is 35.5. The summed E-state index contributed by atoms with van der Waals surface area (Å²) in [4.78, 5) is 54.8. The van der Waals surface area contributed by atoms with E-state index in [1.165, 1.54) is 6.08 Å². The van der Waals surface area contributed by atoms with Crippen molar-refractivity contribution in [3.8, 4) is 5.75 Å². The molecule has 1 N–H and O–H groups in total. The van der Waals surface area contributed by atoms with Crippen molar-refractivity contribution in [3.63, 3.8) is 0 Å². The van der Waals surface area contributed by atoms with Gasteiger partial charge in [-0.05, 0) is 60.2 Å². The first-order valence-electron chi connectivity index (χ1n) is 12.2. The molecule has 1 aliphatic rings. The Kier molecular flexibility index (Phi) is 7.70. The lowest BCUT2D eigenvalue weighted by molar-refractivity contribution is -0.121. The molecule has 1 fully saturated rings. The van der Waals surface area contributed by atoms with Gasteiger partial charge in [0.25, 0.3) is 17.7 Å². The highest BCUT2D eigenvalue weighted by Gasteiger charge is 2.43. The van der Waals surface area contributed by atoms with E-state index in [1.807, 2.05) is 0 Å². The maximum absolute atomic E-state index is 13.5. The van der Waals surface area contributed by atoms with Crippen molar-refractivity contribution in [2.45, 2.75) is 0 Å². The van der Waals surface area contributed by atoms with E-state index in [4.69, 9.17) is 16.3 Å². The van der Waals surface area contributed by atoms with Crippen molar-refractivity contribution in [1.29, 1.82) is 0 Å². The number of amides is 5. The summed E-state index contributed by atoms with van der Waals surface area (Å²) in [6.07, 6.45) is 1.40. The SMILES string of the molecule is O=C(COc1cccc(C=C2C(=O)N(c3ccccc3)C(=O)N(c3ccccc3)C2=O)c1)Nc1ccccc1Cl. The lowest BCUT2D eigenvalue weighted by atomic mass is 10.0. The predicted molar refractivity (Wildman–Crippen MR) is 153 cm³/mol. The molecule has 198 valence electrons. The number of carbonyl (C=O) groups excluding carboxylic acids is 4. The molecule has 0 radical (unpaired) electrons. The van der Waals surface area contributed by atoms with Crippen molar-refractivity contribution in [2.24, 2.45) is 0 Å². The second-order valence-electron chi connectivity index (χ2n) is 8.68. The normalized spacial score (nSPS) is 13.3. The largest absolute Gasteiger partial charge is 0.484 e. The van der Waals surface area contributed by atoms with E-state index in [9.17, 15) is 19.2 Å². The van der Waals surface area contributed by atoms with E-state index >= 15 is 0 Å². The van der Waals surface area contributed by atoms with Gasteiger partial charge in [0.15, 0.2) is 6.61 Å². The molecule has 1 aliphatic heterocycles. The van der Waals surface area contributed by atoms with Gasteiger partial charge in [0.1, 0.15) is 11.3 Å². The number of halogens is 1. The second-order valence-corrected chi connectivity index (χ2v) is 9.09. The minimum Gasteiger partial charge on any atom is -0.484 e. The van der Waals surface area contributed by atoms with E-state index in [-0.39, 0.29) is 12.2 Å². The first-order chi connectivity index (χ1) is 19.4. The Labute approximate surface area is 235 Å². The van der Waals surface area contributed by atoms with E-state index < -0.39 is 23.8 Å². The maximum Gasteiger partial charge on any atom is 0.343 e. The van der Waals surface area contributed by atoms with Gasteiger partial charge in [-0.3, -0.25) is 14.4 Å². The van der Waals surface area contributed by atoms with Gasteiger partial charge in [0, 0.05) is 0 Å². The maximum atomic E-state index is 13.5. The van der Waals surface area contributed by atoms with Crippen LogP contribution in [-0.4, -0.2) is 30.4 Å². The van der Waals surface area contributed by atoms with Gasteiger partial charge in [0.2, 0.25) is 0 Å². The Morgan fingerprint density at radius 2 is 1.32 bits per heavy atom. The van der Waals surface area contributed by atoms with Crippen LogP contribution in [0, 0.1) is 0 Å². The zero-order valence-corrected chi connectivity index (χ0v) is 21.7. The molecule has 0 aromatic heterocycles. The molecule has 0 bridgehead atoms. The summed E-state index contributed by atoms with van der Waals surface area (Å²) >= 11 is 6.09. The topological polar surface area (TPSA) is 96.0 Å². The van der Waals surface area contributed by atoms with Crippen molar-refractivity contribution >= 4 is 58.5 Å². The summed E-state index contributed by atoms with van der Waals surface area (Å²) in [5, 5.41) is 3.08. The Balaban J connectivity index is 1.42. The molecule has 0 saturated carbocycles. The molecule has 5 rings (SSSR count). The van der Waals surface area contributed by atoms with Gasteiger partial charge in [-0.25, -0.2) is 14.6 Å². The number of benzene rings is 4. The summed E-state index contributed by atoms with van der Waals surface area (Å²) in [7, 11) is 0. The molecule has 4 aromatic rings. The summed E-state index contributed by atoms with van der Waals surface area (Å²) in [5.74, 6) is -1.57. The summed E-state index contributed by atoms with van der Waals surface area (Å²) in [6, 6.07) is 29.5. The van der Waals surface area contributed by atoms with Crippen molar-refractivity contribution in [1.82, 2.24) is 0 Å². The number of imide groups is 2. The first kappa shape index (κ1) is 26.4. The lowest BCUT2D eigenvalue weighted by Crippen LogP contribution is -2.57. The van der Waals surface area contributed by atoms with Crippen LogP contribution in [0.3, 0.4) is 0 Å². The molecule has 0 spiro atoms. The van der Waals surface area contributed by atoms with Gasteiger partial charge in [-0.15, -0.1) is 0 Å². The number of rotatable bonds is 7. The molecule has 0 atom stereocenters. The molecular formula is C31H22ClN3O5. The Hall–Kier alpha value is -5.21. The van der Waals surface area contributed by atoms with Crippen LogP contribution in [0.1, 0.15) is 5.56 Å². The highest BCUT2D eigenvalue weighted by molar-refractivity contribution is 6.46. The standard InChI is InChI=1S/C31H22ClN3O5/c32-26-16-7-8-17-27(26)33-28(36)20-40-24-15-9-10-21(18-24)19-25-29(37)34(22-11-3-1-4-12-22)31(39)35(30(25)38)23-13-5-2-6-14-23/h1-19H,20H2,(H,33,36). The fraction of sp³-hybridized carbons (Fsp3) is 0.0323. The third kappa shape index (κ3) is 5.62. The van der Waals surface area contributed by atoms with E-state index in [1.54, 1.807) is 109 Å². The third-order valence-corrected chi connectivity index (χ3v) is 6.29. The number of ether oxygens (including phenoxy) is 1.